The van der Waals surface area contributed by atoms with Crippen molar-refractivity contribution in [2.45, 2.75) is 66.3 Å². The Bertz CT molecular complexity index is 956. The third-order valence-corrected chi connectivity index (χ3v) is 5.43. The third-order valence-electron chi connectivity index (χ3n) is 5.43. The second kappa shape index (κ2) is 7.71. The maximum Gasteiger partial charge on any atom is 0.222 e. The van der Waals surface area contributed by atoms with E-state index < -0.39 is 0 Å². The van der Waals surface area contributed by atoms with Gasteiger partial charge in [-0.15, -0.1) is 0 Å². The van der Waals surface area contributed by atoms with Crippen LogP contribution in [0.15, 0.2) is 24.4 Å². The molecule has 0 aliphatic heterocycles. The predicted octanol–water partition coefficient (Wildman–Crippen LogP) is 6.07. The average Bonchev–Trinajstić information content (AvgIpc) is 3.01. The van der Waals surface area contributed by atoms with E-state index in [1.165, 1.54) is 16.6 Å². The van der Waals surface area contributed by atoms with E-state index in [4.69, 9.17) is 14.7 Å². The van der Waals surface area contributed by atoms with Crippen molar-refractivity contribution in [2.24, 2.45) is 0 Å². The second-order valence-corrected chi connectivity index (χ2v) is 7.64. The molecule has 0 N–H and O–H groups in total. The molecule has 1 unspecified atom stereocenters. The Balaban J connectivity index is 2.25. The van der Waals surface area contributed by atoms with Crippen LogP contribution in [0.2, 0.25) is 0 Å². The summed E-state index contributed by atoms with van der Waals surface area (Å²) in [5, 5.41) is 0. The number of methoxy groups -OCH3 is 1. The minimum Gasteiger partial charge on any atom is -0.480 e. The van der Waals surface area contributed by atoms with Crippen molar-refractivity contribution in [1.82, 2.24) is 14.5 Å². The highest BCUT2D eigenvalue weighted by Gasteiger charge is 2.19. The molecule has 144 valence electrons. The molecule has 0 fully saturated rings. The number of aromatic nitrogens is 3. The fourth-order valence-electron chi connectivity index (χ4n) is 3.55. The van der Waals surface area contributed by atoms with Crippen LogP contribution in [0.1, 0.15) is 69.8 Å². The van der Waals surface area contributed by atoms with E-state index in [-0.39, 0.29) is 0 Å². The number of ether oxygens (including phenoxy) is 1. The standard InChI is InChI=1S/C23H31N3O/c1-8-16(6)26-13-15(5)21-20(26)12-17(9-2)22(25-21)18-10-11-19(14(3)4)24-23(18)27-7/h10-14,16H,8-9H2,1-7H3. The van der Waals surface area contributed by atoms with Crippen LogP contribution in [0.5, 0.6) is 5.88 Å². The molecule has 4 heteroatoms. The molecule has 0 amide bonds. The van der Waals surface area contributed by atoms with Gasteiger partial charge in [0.15, 0.2) is 0 Å². The van der Waals surface area contributed by atoms with E-state index in [0.29, 0.717) is 17.8 Å². The number of pyridine rings is 2. The highest BCUT2D eigenvalue weighted by atomic mass is 16.5. The first-order chi connectivity index (χ1) is 12.9. The second-order valence-electron chi connectivity index (χ2n) is 7.64. The van der Waals surface area contributed by atoms with Crippen LogP contribution in [0.4, 0.5) is 0 Å². The van der Waals surface area contributed by atoms with E-state index in [1.807, 2.05) is 0 Å². The molecule has 0 aliphatic rings. The summed E-state index contributed by atoms with van der Waals surface area (Å²) in [5.74, 6) is 1.02. The lowest BCUT2D eigenvalue weighted by molar-refractivity contribution is 0.397. The number of fused-ring (bicyclic) bond motifs is 1. The van der Waals surface area contributed by atoms with Crippen LogP contribution in [0, 0.1) is 6.92 Å². The number of hydrogen-bond acceptors (Lipinski definition) is 3. The topological polar surface area (TPSA) is 39.9 Å². The summed E-state index contributed by atoms with van der Waals surface area (Å²) in [6.07, 6.45) is 4.24. The molecule has 3 heterocycles. The van der Waals surface area contributed by atoms with Crippen molar-refractivity contribution < 1.29 is 4.74 Å². The Hall–Kier alpha value is -2.36. The van der Waals surface area contributed by atoms with Crippen molar-refractivity contribution in [1.29, 1.82) is 0 Å². The number of rotatable bonds is 6. The summed E-state index contributed by atoms with van der Waals surface area (Å²) in [6, 6.07) is 6.95. The Morgan fingerprint density at radius 3 is 2.44 bits per heavy atom. The molecule has 0 radical (unpaired) electrons. The fraction of sp³-hybridized carbons (Fsp3) is 0.478. The van der Waals surface area contributed by atoms with E-state index in [9.17, 15) is 0 Å². The van der Waals surface area contributed by atoms with E-state index >= 15 is 0 Å². The Morgan fingerprint density at radius 2 is 1.85 bits per heavy atom. The molecule has 1 atom stereocenters. The van der Waals surface area contributed by atoms with Gasteiger partial charge >= 0.3 is 0 Å². The smallest absolute Gasteiger partial charge is 0.222 e. The van der Waals surface area contributed by atoms with Crippen LogP contribution in [-0.4, -0.2) is 21.6 Å². The summed E-state index contributed by atoms with van der Waals surface area (Å²) in [5.41, 5.74) is 7.70. The first-order valence-corrected chi connectivity index (χ1v) is 9.97. The van der Waals surface area contributed by atoms with Gasteiger partial charge in [-0.25, -0.2) is 9.97 Å². The molecular weight excluding hydrogens is 334 g/mol. The van der Waals surface area contributed by atoms with Gasteiger partial charge in [0.05, 0.1) is 29.4 Å². The molecule has 0 spiro atoms. The summed E-state index contributed by atoms with van der Waals surface area (Å²) in [4.78, 5) is 9.82. The third kappa shape index (κ3) is 3.45. The minimum atomic E-state index is 0.362. The van der Waals surface area contributed by atoms with Crippen molar-refractivity contribution >= 4 is 11.0 Å². The van der Waals surface area contributed by atoms with E-state index in [1.54, 1.807) is 7.11 Å². The zero-order valence-corrected chi connectivity index (χ0v) is 17.6. The first kappa shape index (κ1) is 19.4. The Morgan fingerprint density at radius 1 is 1.11 bits per heavy atom. The average molecular weight is 366 g/mol. The molecule has 4 nitrogen and oxygen atoms in total. The van der Waals surface area contributed by atoms with E-state index in [2.05, 4.69) is 70.5 Å². The highest BCUT2D eigenvalue weighted by Crippen LogP contribution is 2.35. The normalized spacial score (nSPS) is 12.7. The monoisotopic (exact) mass is 365 g/mol. The summed E-state index contributed by atoms with van der Waals surface area (Å²) < 4.78 is 8.00. The number of nitrogens with zero attached hydrogens (tertiary/aromatic N) is 3. The molecule has 0 bridgehead atoms. The Kier molecular flexibility index (Phi) is 5.54. The molecule has 0 saturated heterocycles. The minimum absolute atomic E-state index is 0.362. The zero-order chi connectivity index (χ0) is 19.7. The van der Waals surface area contributed by atoms with Gasteiger partial charge in [0.1, 0.15) is 0 Å². The molecule has 0 aromatic carbocycles. The van der Waals surface area contributed by atoms with Crippen LogP contribution in [0.25, 0.3) is 22.3 Å². The molecule has 3 rings (SSSR count). The predicted molar refractivity (Wildman–Crippen MR) is 113 cm³/mol. The molecule has 3 aromatic rings. The van der Waals surface area contributed by atoms with Gasteiger partial charge in [-0.05, 0) is 61.9 Å². The number of hydrogen-bond donors (Lipinski definition) is 0. The lowest BCUT2D eigenvalue weighted by Crippen LogP contribution is -2.04. The molecule has 3 aromatic heterocycles. The lowest BCUT2D eigenvalue weighted by Gasteiger charge is -2.16. The first-order valence-electron chi connectivity index (χ1n) is 9.97. The largest absolute Gasteiger partial charge is 0.480 e. The maximum atomic E-state index is 5.64. The van der Waals surface area contributed by atoms with Gasteiger partial charge in [0, 0.05) is 17.9 Å². The molecule has 0 saturated carbocycles. The van der Waals surface area contributed by atoms with Gasteiger partial charge in [-0.2, -0.15) is 0 Å². The quantitative estimate of drug-likeness (QED) is 0.532. The fourth-order valence-corrected chi connectivity index (χ4v) is 3.55. The van der Waals surface area contributed by atoms with Crippen LogP contribution >= 0.6 is 0 Å². The van der Waals surface area contributed by atoms with Gasteiger partial charge in [0.25, 0.3) is 0 Å². The van der Waals surface area contributed by atoms with Gasteiger partial charge in [0.2, 0.25) is 5.88 Å². The number of aryl methyl sites for hydroxylation is 2. The van der Waals surface area contributed by atoms with Crippen LogP contribution in [0.3, 0.4) is 0 Å². The lowest BCUT2D eigenvalue weighted by atomic mass is 10.0. The van der Waals surface area contributed by atoms with Gasteiger partial charge in [-0.1, -0.05) is 27.7 Å². The van der Waals surface area contributed by atoms with Crippen molar-refractivity contribution in [3.8, 4) is 17.1 Å². The van der Waals surface area contributed by atoms with Crippen LogP contribution in [-0.2, 0) is 6.42 Å². The summed E-state index contributed by atoms with van der Waals surface area (Å²) in [6.45, 7) is 13.1. The van der Waals surface area contributed by atoms with Crippen molar-refractivity contribution in [2.75, 3.05) is 7.11 Å². The van der Waals surface area contributed by atoms with Crippen LogP contribution < -0.4 is 4.74 Å². The van der Waals surface area contributed by atoms with Gasteiger partial charge < -0.3 is 9.30 Å². The highest BCUT2D eigenvalue weighted by molar-refractivity contribution is 5.85. The SMILES string of the molecule is CCc1cc2c(nc1-c1ccc(C(C)C)nc1OC)c(C)cn2C(C)CC. The molecule has 0 aliphatic carbocycles. The molecular formula is C23H31N3O. The molecule has 27 heavy (non-hydrogen) atoms. The zero-order valence-electron chi connectivity index (χ0n) is 17.6. The maximum absolute atomic E-state index is 5.64. The Labute approximate surface area is 162 Å². The summed E-state index contributed by atoms with van der Waals surface area (Å²) in [7, 11) is 1.69. The van der Waals surface area contributed by atoms with Crippen molar-refractivity contribution in [3.05, 3.63) is 41.2 Å². The van der Waals surface area contributed by atoms with E-state index in [0.717, 1.165) is 35.3 Å². The van der Waals surface area contributed by atoms with Crippen molar-refractivity contribution in [3.63, 3.8) is 0 Å². The summed E-state index contributed by atoms with van der Waals surface area (Å²) >= 11 is 0. The van der Waals surface area contributed by atoms with Gasteiger partial charge in [-0.3, -0.25) is 0 Å².